The fourth-order valence-electron chi connectivity index (χ4n) is 1.88. The second-order valence-electron chi connectivity index (χ2n) is 4.02. The summed E-state index contributed by atoms with van der Waals surface area (Å²) in [4.78, 5) is 5.37. The maximum Gasteiger partial charge on any atom is 0.237 e. The van der Waals surface area contributed by atoms with Crippen LogP contribution in [-0.4, -0.2) is 22.5 Å². The molecule has 2 aromatic rings. The highest BCUT2D eigenvalue weighted by Crippen LogP contribution is 2.23. The van der Waals surface area contributed by atoms with E-state index in [-0.39, 0.29) is 0 Å². The molecule has 0 aliphatic carbocycles. The molecule has 0 saturated heterocycles. The smallest absolute Gasteiger partial charge is 0.237 e. The molecule has 0 aromatic carbocycles. The molecule has 96 valence electrons. The predicted octanol–water partition coefficient (Wildman–Crippen LogP) is 2.30. The number of methoxy groups -OCH3 is 1. The van der Waals surface area contributed by atoms with Gasteiger partial charge in [0.15, 0.2) is 4.96 Å². The Morgan fingerprint density at radius 1 is 1.67 bits per heavy atom. The number of nitrogens with zero attached hydrogens (tertiary/aromatic N) is 2. The lowest BCUT2D eigenvalue weighted by Gasteiger charge is -2.14. The van der Waals surface area contributed by atoms with Crippen molar-refractivity contribution in [2.24, 2.45) is 0 Å². The van der Waals surface area contributed by atoms with Crippen LogP contribution in [0.1, 0.15) is 25.5 Å². The number of hydrogen-bond acceptors (Lipinski definition) is 4. The molecule has 1 atom stereocenters. The third-order valence-corrected chi connectivity index (χ3v) is 3.69. The third kappa shape index (κ3) is 2.50. The van der Waals surface area contributed by atoms with E-state index in [1.54, 1.807) is 18.4 Å². The highest BCUT2D eigenvalue weighted by Gasteiger charge is 2.14. The van der Waals surface area contributed by atoms with Gasteiger partial charge in [0.2, 0.25) is 5.88 Å². The molecule has 0 aliphatic heterocycles. The van der Waals surface area contributed by atoms with Gasteiger partial charge in [-0.25, -0.2) is 0 Å². The maximum absolute atomic E-state index is 5.35. The first-order chi connectivity index (χ1) is 8.80. The number of nitrogens with one attached hydrogen (secondary N) is 1. The van der Waals surface area contributed by atoms with E-state index in [4.69, 9.17) is 11.2 Å². The summed E-state index contributed by atoms with van der Waals surface area (Å²) < 4.78 is 7.36. The molecule has 4 nitrogen and oxygen atoms in total. The van der Waals surface area contributed by atoms with Crippen molar-refractivity contribution >= 4 is 16.3 Å². The summed E-state index contributed by atoms with van der Waals surface area (Å²) >= 11 is 1.60. The van der Waals surface area contributed by atoms with Crippen molar-refractivity contribution in [2.45, 2.75) is 32.4 Å². The van der Waals surface area contributed by atoms with Crippen LogP contribution in [0.4, 0.5) is 0 Å². The molecule has 1 unspecified atom stereocenters. The van der Waals surface area contributed by atoms with E-state index in [1.807, 2.05) is 11.6 Å². The van der Waals surface area contributed by atoms with Gasteiger partial charge >= 0.3 is 0 Å². The van der Waals surface area contributed by atoms with Gasteiger partial charge in [0.05, 0.1) is 7.11 Å². The predicted molar refractivity (Wildman–Crippen MR) is 74.0 cm³/mol. The van der Waals surface area contributed by atoms with Crippen LogP contribution in [0.5, 0.6) is 5.88 Å². The summed E-state index contributed by atoms with van der Waals surface area (Å²) in [6.07, 6.45) is 9.11. The van der Waals surface area contributed by atoms with Crippen LogP contribution in [0.3, 0.4) is 0 Å². The quantitative estimate of drug-likeness (QED) is 0.813. The average molecular weight is 263 g/mol. The molecule has 2 rings (SSSR count). The van der Waals surface area contributed by atoms with Gasteiger partial charge in [0.1, 0.15) is 5.69 Å². The van der Waals surface area contributed by atoms with Crippen LogP contribution >= 0.6 is 11.3 Å². The fourth-order valence-corrected chi connectivity index (χ4v) is 2.61. The maximum atomic E-state index is 5.35. The lowest BCUT2D eigenvalue weighted by molar-refractivity contribution is 0.389. The Bertz CT molecular complexity index is 552. The average Bonchev–Trinajstić information content (AvgIpc) is 2.95. The van der Waals surface area contributed by atoms with Gasteiger partial charge in [-0.2, -0.15) is 4.98 Å². The molecule has 0 aliphatic rings. The van der Waals surface area contributed by atoms with Gasteiger partial charge in [0, 0.05) is 30.6 Å². The second kappa shape index (κ2) is 5.89. The molecule has 1 N–H and O–H groups in total. The minimum absolute atomic E-state index is 0.337. The van der Waals surface area contributed by atoms with Crippen molar-refractivity contribution < 1.29 is 4.74 Å². The molecular weight excluding hydrogens is 246 g/mol. The number of fused-ring (bicyclic) bond motifs is 1. The first-order valence-electron chi connectivity index (χ1n) is 5.95. The Morgan fingerprint density at radius 2 is 2.50 bits per heavy atom. The van der Waals surface area contributed by atoms with Crippen molar-refractivity contribution in [1.29, 1.82) is 0 Å². The summed E-state index contributed by atoms with van der Waals surface area (Å²) in [7, 11) is 1.65. The van der Waals surface area contributed by atoms with Gasteiger partial charge in [-0.1, -0.05) is 6.92 Å². The van der Waals surface area contributed by atoms with E-state index in [2.05, 4.69) is 27.5 Å². The molecule has 0 bridgehead atoms. The van der Waals surface area contributed by atoms with Gasteiger partial charge in [-0.3, -0.25) is 4.40 Å². The summed E-state index contributed by atoms with van der Waals surface area (Å²) in [5, 5.41) is 5.47. The number of hydrogen-bond donors (Lipinski definition) is 1. The lowest BCUT2D eigenvalue weighted by Crippen LogP contribution is -2.28. The van der Waals surface area contributed by atoms with Crippen LogP contribution in [0.2, 0.25) is 0 Å². The molecule has 0 radical (unpaired) electrons. The fraction of sp³-hybridized carbons (Fsp3) is 0.462. The summed E-state index contributed by atoms with van der Waals surface area (Å²) in [6, 6.07) is 0.337. The largest absolute Gasteiger partial charge is 0.480 e. The van der Waals surface area contributed by atoms with Crippen LogP contribution < -0.4 is 10.1 Å². The molecular formula is C13H17N3OS. The zero-order chi connectivity index (χ0) is 13.0. The Hall–Kier alpha value is -1.51. The molecule has 18 heavy (non-hydrogen) atoms. The van der Waals surface area contributed by atoms with E-state index in [0.29, 0.717) is 18.5 Å². The first kappa shape index (κ1) is 12.9. The molecule has 0 spiro atoms. The zero-order valence-electron chi connectivity index (χ0n) is 10.6. The number of ether oxygens (including phenoxy) is 1. The van der Waals surface area contributed by atoms with E-state index in [9.17, 15) is 0 Å². The Morgan fingerprint density at radius 3 is 3.17 bits per heavy atom. The molecule has 2 aromatic heterocycles. The number of aromatic nitrogens is 2. The van der Waals surface area contributed by atoms with Crippen molar-refractivity contribution in [3.8, 4) is 18.2 Å². The topological polar surface area (TPSA) is 38.6 Å². The summed E-state index contributed by atoms with van der Waals surface area (Å²) in [5.41, 5.74) is 1.05. The Kier molecular flexibility index (Phi) is 4.24. The summed E-state index contributed by atoms with van der Waals surface area (Å²) in [6.45, 7) is 2.84. The van der Waals surface area contributed by atoms with Crippen LogP contribution in [0.15, 0.2) is 11.6 Å². The van der Waals surface area contributed by atoms with Gasteiger partial charge < -0.3 is 10.1 Å². The zero-order valence-corrected chi connectivity index (χ0v) is 11.5. The van der Waals surface area contributed by atoms with E-state index in [0.717, 1.165) is 23.5 Å². The first-order valence-corrected chi connectivity index (χ1v) is 6.83. The Labute approximate surface area is 111 Å². The number of thiazole rings is 1. The van der Waals surface area contributed by atoms with Gasteiger partial charge in [-0.15, -0.1) is 23.7 Å². The molecule has 5 heteroatoms. The van der Waals surface area contributed by atoms with Gasteiger partial charge in [-0.05, 0) is 6.42 Å². The van der Waals surface area contributed by atoms with Crippen LogP contribution in [-0.2, 0) is 6.54 Å². The van der Waals surface area contributed by atoms with Crippen LogP contribution in [0.25, 0.3) is 4.96 Å². The highest BCUT2D eigenvalue weighted by molar-refractivity contribution is 7.15. The number of imidazole rings is 1. The van der Waals surface area contributed by atoms with Crippen molar-refractivity contribution in [2.75, 3.05) is 7.11 Å². The molecule has 0 fully saturated rings. The minimum Gasteiger partial charge on any atom is -0.480 e. The highest BCUT2D eigenvalue weighted by atomic mass is 32.1. The third-order valence-electron chi connectivity index (χ3n) is 2.93. The van der Waals surface area contributed by atoms with Crippen molar-refractivity contribution in [1.82, 2.24) is 14.7 Å². The molecule has 0 saturated carbocycles. The summed E-state index contributed by atoms with van der Waals surface area (Å²) in [5.74, 6) is 3.38. The molecule has 2 heterocycles. The van der Waals surface area contributed by atoms with E-state index < -0.39 is 0 Å². The Balaban J connectivity index is 2.15. The molecule has 0 amide bonds. The van der Waals surface area contributed by atoms with Gasteiger partial charge in [0.25, 0.3) is 0 Å². The standard InChI is InChI=1S/C13H17N3OS/c1-4-6-10(5-2)14-9-11-12(17-3)15-13-16(11)7-8-18-13/h1,7-8,10,14H,5-6,9H2,2-3H3. The normalized spacial score (nSPS) is 12.5. The minimum atomic E-state index is 0.337. The number of rotatable bonds is 6. The van der Waals surface area contributed by atoms with E-state index in [1.165, 1.54) is 0 Å². The van der Waals surface area contributed by atoms with Crippen molar-refractivity contribution in [3.63, 3.8) is 0 Å². The lowest BCUT2D eigenvalue weighted by atomic mass is 10.1. The SMILES string of the molecule is C#CCC(CC)NCc1c(OC)nc2sccn12. The number of terminal acetylenes is 1. The van der Waals surface area contributed by atoms with Crippen LogP contribution in [0, 0.1) is 12.3 Å². The monoisotopic (exact) mass is 263 g/mol. The van der Waals surface area contributed by atoms with Crippen molar-refractivity contribution in [3.05, 3.63) is 17.3 Å². The second-order valence-corrected chi connectivity index (χ2v) is 4.89. The van der Waals surface area contributed by atoms with E-state index >= 15 is 0 Å².